The number of methoxy groups -OCH3 is 1. The van der Waals surface area contributed by atoms with Crippen molar-refractivity contribution in [1.82, 2.24) is 0 Å². The number of hydrogen-bond acceptors (Lipinski definition) is 10. The minimum Gasteiger partial charge on any atom is -0.504 e. The van der Waals surface area contributed by atoms with Crippen LogP contribution in [-0.4, -0.2) is 32.6 Å². The van der Waals surface area contributed by atoms with Gasteiger partial charge in [0.2, 0.25) is 22.4 Å². The lowest BCUT2D eigenvalue weighted by molar-refractivity contribution is 0.224. The fourth-order valence-corrected chi connectivity index (χ4v) is 3.00. The molecule has 0 saturated heterocycles. The van der Waals surface area contributed by atoms with Crippen molar-refractivity contribution in [3.05, 3.63) is 79.4 Å². The lowest BCUT2D eigenvalue weighted by Crippen LogP contribution is -2.14. The second kappa shape index (κ2) is 8.31. The molecule has 1 aromatic carbocycles. The Balaban J connectivity index is 2.44. The molecule has 3 aromatic rings. The van der Waals surface area contributed by atoms with Crippen LogP contribution < -0.4 is 15.6 Å². The minimum atomic E-state index is -1.52. The zero-order valence-corrected chi connectivity index (χ0v) is 15.7. The summed E-state index contributed by atoms with van der Waals surface area (Å²) >= 11 is 0. The van der Waals surface area contributed by atoms with Crippen LogP contribution in [0, 0.1) is 0 Å². The molecule has 0 saturated carbocycles. The van der Waals surface area contributed by atoms with E-state index in [0.717, 1.165) is 12.1 Å². The first-order chi connectivity index (χ1) is 14.3. The van der Waals surface area contributed by atoms with Gasteiger partial charge in [0.05, 0.1) is 7.11 Å². The molecule has 10 heteroatoms. The summed E-state index contributed by atoms with van der Waals surface area (Å²) in [7, 11) is 1.29. The predicted octanol–water partition coefficient (Wildman–Crippen LogP) is 0.883. The molecule has 0 fully saturated rings. The summed E-state index contributed by atoms with van der Waals surface area (Å²) in [5, 5.41) is 50.1. The standard InChI is InChI=1S/C20H18O10/c1-28-14-4-2-3-11(16(14)25)15(19-17(26)12(23)5-9(7-21)29-19)20-18(27)13(24)6-10(8-22)30-20/h2-6,15,21-22,25-27H,7-8H2,1H3. The summed E-state index contributed by atoms with van der Waals surface area (Å²) in [4.78, 5) is 24.3. The second-order valence-electron chi connectivity index (χ2n) is 6.23. The van der Waals surface area contributed by atoms with Crippen molar-refractivity contribution in [2.45, 2.75) is 19.1 Å². The number of para-hydroxylation sites is 1. The molecule has 30 heavy (non-hydrogen) atoms. The van der Waals surface area contributed by atoms with Crippen LogP contribution in [0.2, 0.25) is 0 Å². The number of phenols is 1. The Hall–Kier alpha value is -3.76. The molecule has 0 radical (unpaired) electrons. The van der Waals surface area contributed by atoms with Gasteiger partial charge >= 0.3 is 0 Å². The maximum absolute atomic E-state index is 12.2. The molecule has 0 bridgehead atoms. The lowest BCUT2D eigenvalue weighted by Gasteiger charge is -2.20. The van der Waals surface area contributed by atoms with Gasteiger partial charge in [0.25, 0.3) is 0 Å². The van der Waals surface area contributed by atoms with Gasteiger partial charge in [0, 0.05) is 17.7 Å². The first-order valence-electron chi connectivity index (χ1n) is 8.61. The zero-order valence-electron chi connectivity index (χ0n) is 15.7. The second-order valence-corrected chi connectivity index (χ2v) is 6.23. The van der Waals surface area contributed by atoms with E-state index in [0.29, 0.717) is 0 Å². The molecule has 2 aromatic heterocycles. The van der Waals surface area contributed by atoms with Crippen molar-refractivity contribution >= 4 is 0 Å². The van der Waals surface area contributed by atoms with Crippen molar-refractivity contribution in [3.63, 3.8) is 0 Å². The number of phenolic OH excluding ortho intramolecular Hbond substituents is 1. The van der Waals surface area contributed by atoms with Crippen molar-refractivity contribution in [1.29, 1.82) is 0 Å². The highest BCUT2D eigenvalue weighted by atomic mass is 16.5. The third-order valence-corrected chi connectivity index (χ3v) is 4.40. The molecular weight excluding hydrogens is 400 g/mol. The van der Waals surface area contributed by atoms with E-state index in [2.05, 4.69) is 0 Å². The van der Waals surface area contributed by atoms with E-state index in [1.807, 2.05) is 0 Å². The van der Waals surface area contributed by atoms with Crippen LogP contribution in [0.25, 0.3) is 0 Å². The van der Waals surface area contributed by atoms with Gasteiger partial charge in [0.15, 0.2) is 23.0 Å². The van der Waals surface area contributed by atoms with E-state index >= 15 is 0 Å². The van der Waals surface area contributed by atoms with E-state index in [-0.39, 0.29) is 22.8 Å². The van der Waals surface area contributed by atoms with Gasteiger partial charge in [-0.2, -0.15) is 0 Å². The molecule has 0 aliphatic heterocycles. The summed E-state index contributed by atoms with van der Waals surface area (Å²) in [6, 6.07) is 5.98. The number of aliphatic hydroxyl groups is 2. The monoisotopic (exact) mass is 418 g/mol. The largest absolute Gasteiger partial charge is 0.504 e. The maximum Gasteiger partial charge on any atom is 0.227 e. The minimum absolute atomic E-state index is 0.0119. The third-order valence-electron chi connectivity index (χ3n) is 4.40. The maximum atomic E-state index is 12.2. The van der Waals surface area contributed by atoms with Gasteiger partial charge in [-0.3, -0.25) is 9.59 Å². The van der Waals surface area contributed by atoms with Crippen LogP contribution in [0.1, 0.15) is 34.5 Å². The Morgan fingerprint density at radius 3 is 1.80 bits per heavy atom. The van der Waals surface area contributed by atoms with Gasteiger partial charge in [-0.25, -0.2) is 0 Å². The van der Waals surface area contributed by atoms with Gasteiger partial charge in [-0.1, -0.05) is 12.1 Å². The lowest BCUT2D eigenvalue weighted by atomic mass is 9.90. The molecule has 0 spiro atoms. The van der Waals surface area contributed by atoms with Crippen LogP contribution in [0.5, 0.6) is 23.0 Å². The number of hydrogen-bond donors (Lipinski definition) is 5. The van der Waals surface area contributed by atoms with E-state index < -0.39 is 58.8 Å². The van der Waals surface area contributed by atoms with Crippen molar-refractivity contribution in [3.8, 4) is 23.0 Å². The predicted molar refractivity (Wildman–Crippen MR) is 101 cm³/mol. The topological polar surface area (TPSA) is 171 Å². The van der Waals surface area contributed by atoms with E-state index in [9.17, 15) is 35.1 Å². The number of aromatic hydroxyl groups is 3. The van der Waals surface area contributed by atoms with Gasteiger partial charge in [-0.05, 0) is 6.07 Å². The first-order valence-corrected chi connectivity index (χ1v) is 8.61. The molecule has 2 heterocycles. The Bertz CT molecular complexity index is 1120. The molecule has 0 aliphatic carbocycles. The Labute approximate surface area is 168 Å². The third kappa shape index (κ3) is 3.61. The van der Waals surface area contributed by atoms with E-state index in [1.54, 1.807) is 0 Å². The SMILES string of the molecule is COc1cccc(C(c2oc(CO)cc(=O)c2O)c2oc(CO)cc(=O)c2O)c1O. The number of aliphatic hydroxyl groups excluding tert-OH is 2. The molecule has 0 amide bonds. The highest BCUT2D eigenvalue weighted by molar-refractivity contribution is 5.54. The van der Waals surface area contributed by atoms with E-state index in [4.69, 9.17) is 13.6 Å². The molecule has 158 valence electrons. The molecule has 5 N–H and O–H groups in total. The molecule has 0 unspecified atom stereocenters. The van der Waals surface area contributed by atoms with Crippen LogP contribution in [0.3, 0.4) is 0 Å². The molecule has 10 nitrogen and oxygen atoms in total. The average molecular weight is 418 g/mol. The van der Waals surface area contributed by atoms with Crippen LogP contribution in [-0.2, 0) is 13.2 Å². The number of rotatable bonds is 6. The van der Waals surface area contributed by atoms with E-state index in [1.165, 1.54) is 25.3 Å². The Morgan fingerprint density at radius 1 is 0.867 bits per heavy atom. The Morgan fingerprint density at radius 2 is 1.37 bits per heavy atom. The number of ether oxygens (including phenoxy) is 1. The summed E-state index contributed by atoms with van der Waals surface area (Å²) in [6.07, 6.45) is 0. The molecule has 3 rings (SSSR count). The molecule has 0 aliphatic rings. The summed E-state index contributed by atoms with van der Waals surface area (Å²) in [6.45, 7) is -1.38. The van der Waals surface area contributed by atoms with Crippen molar-refractivity contribution in [2.75, 3.05) is 7.11 Å². The highest BCUT2D eigenvalue weighted by Crippen LogP contribution is 2.44. The zero-order chi connectivity index (χ0) is 22.0. The molecular formula is C20H18O10. The van der Waals surface area contributed by atoms with Crippen LogP contribution in [0.4, 0.5) is 0 Å². The summed E-state index contributed by atoms with van der Waals surface area (Å²) < 4.78 is 15.9. The van der Waals surface area contributed by atoms with Crippen LogP contribution >= 0.6 is 0 Å². The first kappa shape index (κ1) is 21.0. The average Bonchev–Trinajstić information content (AvgIpc) is 2.74. The van der Waals surface area contributed by atoms with Crippen molar-refractivity contribution in [2.24, 2.45) is 0 Å². The van der Waals surface area contributed by atoms with Crippen LogP contribution in [0.15, 0.2) is 48.8 Å². The quantitative estimate of drug-likeness (QED) is 0.387. The summed E-state index contributed by atoms with van der Waals surface area (Å²) in [5.74, 6) is -5.20. The molecule has 0 atom stereocenters. The van der Waals surface area contributed by atoms with Gasteiger partial charge in [0.1, 0.15) is 30.7 Å². The Kier molecular flexibility index (Phi) is 5.81. The smallest absolute Gasteiger partial charge is 0.227 e. The fraction of sp³-hybridized carbons (Fsp3) is 0.200. The van der Waals surface area contributed by atoms with Gasteiger partial charge < -0.3 is 39.1 Å². The highest BCUT2D eigenvalue weighted by Gasteiger charge is 2.34. The number of benzene rings is 1. The van der Waals surface area contributed by atoms with Gasteiger partial charge in [-0.15, -0.1) is 0 Å². The summed E-state index contributed by atoms with van der Waals surface area (Å²) in [5.41, 5.74) is -1.88. The normalized spacial score (nSPS) is 11.1. The fourth-order valence-electron chi connectivity index (χ4n) is 3.00. The van der Waals surface area contributed by atoms with Crippen molar-refractivity contribution < 1.29 is 39.1 Å².